The zero-order valence-electron chi connectivity index (χ0n) is 20.5. The minimum Gasteiger partial charge on any atom is -0.443 e. The largest absolute Gasteiger partial charge is 0.449 e. The zero-order chi connectivity index (χ0) is 28.0. The van der Waals surface area contributed by atoms with Gasteiger partial charge in [0.1, 0.15) is 29.3 Å². The predicted octanol–water partition coefficient (Wildman–Crippen LogP) is 4.77. The molecule has 3 heterocycles. The van der Waals surface area contributed by atoms with E-state index in [0.29, 0.717) is 30.5 Å². The van der Waals surface area contributed by atoms with Gasteiger partial charge in [0.25, 0.3) is 0 Å². The lowest BCUT2D eigenvalue weighted by Gasteiger charge is -2.37. The SMILES string of the molecule is CC1(C)[C@H]2CC[C@]1(c1cncc(-c3nc(C(O)(O)C(F)(F)F)co3)n1)c1nnc(-c3c(F)cccc3F)cc12. The molecule has 8 nitrogen and oxygen atoms in total. The number of hydrogen-bond donors (Lipinski definition) is 2. The minimum absolute atomic E-state index is 0.0307. The Morgan fingerprint density at radius 1 is 1.00 bits per heavy atom. The van der Waals surface area contributed by atoms with E-state index in [2.05, 4.69) is 25.1 Å². The van der Waals surface area contributed by atoms with Crippen LogP contribution >= 0.6 is 0 Å². The Kier molecular flexibility index (Phi) is 5.27. The highest BCUT2D eigenvalue weighted by molar-refractivity contribution is 5.64. The van der Waals surface area contributed by atoms with Crippen molar-refractivity contribution in [2.45, 2.75) is 50.0 Å². The van der Waals surface area contributed by atoms with E-state index in [1.807, 2.05) is 13.8 Å². The minimum atomic E-state index is -5.41. The standard InChI is InChI=1S/C26H20F5N5O3/c1-23(2)13-6-7-24(23,21-12(13)8-16(35-36-21)20-14(27)4-3-5-15(20)28)18-10-32-9-17(33-18)22-34-19(11-39-22)25(37,38)26(29,30)31/h3-5,8-11,13,37-38H,6-7H2,1-2H3/t13-,24-/m0/s1. The van der Waals surface area contributed by atoms with E-state index in [0.717, 1.165) is 17.7 Å². The summed E-state index contributed by atoms with van der Waals surface area (Å²) in [6.07, 6.45) is -0.873. The maximum Gasteiger partial charge on any atom is 0.449 e. The second kappa shape index (κ2) is 8.09. The summed E-state index contributed by atoms with van der Waals surface area (Å²) in [4.78, 5) is 12.4. The summed E-state index contributed by atoms with van der Waals surface area (Å²) in [5, 5.41) is 27.6. The van der Waals surface area contributed by atoms with Gasteiger partial charge in [0.15, 0.2) is 0 Å². The lowest BCUT2D eigenvalue weighted by molar-refractivity contribution is -0.359. The molecule has 2 aliphatic carbocycles. The van der Waals surface area contributed by atoms with E-state index in [-0.39, 0.29) is 22.9 Å². The molecule has 2 bridgehead atoms. The van der Waals surface area contributed by atoms with Gasteiger partial charge in [0, 0.05) is 6.20 Å². The van der Waals surface area contributed by atoms with Crippen LogP contribution in [0, 0.1) is 17.0 Å². The van der Waals surface area contributed by atoms with Crippen molar-refractivity contribution >= 4 is 0 Å². The lowest BCUT2D eigenvalue weighted by atomic mass is 9.66. The number of halogens is 5. The highest BCUT2D eigenvalue weighted by atomic mass is 19.4. The third-order valence-corrected chi connectivity index (χ3v) is 8.15. The summed E-state index contributed by atoms with van der Waals surface area (Å²) in [6, 6.07) is 5.20. The van der Waals surface area contributed by atoms with Gasteiger partial charge in [-0.3, -0.25) is 4.98 Å². The Morgan fingerprint density at radius 2 is 1.72 bits per heavy atom. The molecule has 1 aromatic carbocycles. The Morgan fingerprint density at radius 3 is 2.41 bits per heavy atom. The number of alkyl halides is 3. The molecular formula is C26H20F5N5O3. The van der Waals surface area contributed by atoms with Crippen molar-refractivity contribution in [3.05, 3.63) is 77.2 Å². The molecule has 202 valence electrons. The van der Waals surface area contributed by atoms with Gasteiger partial charge in [-0.1, -0.05) is 19.9 Å². The predicted molar refractivity (Wildman–Crippen MR) is 124 cm³/mol. The summed E-state index contributed by atoms with van der Waals surface area (Å²) in [6.45, 7) is 4.03. The first-order chi connectivity index (χ1) is 18.3. The number of fused-ring (bicyclic) bond motifs is 5. The van der Waals surface area contributed by atoms with Crippen LogP contribution in [0.2, 0.25) is 0 Å². The first-order valence-corrected chi connectivity index (χ1v) is 11.9. The fourth-order valence-corrected chi connectivity index (χ4v) is 6.13. The summed E-state index contributed by atoms with van der Waals surface area (Å²) in [5.74, 6) is -6.17. The molecule has 1 fully saturated rings. The van der Waals surface area contributed by atoms with E-state index in [1.165, 1.54) is 18.5 Å². The van der Waals surface area contributed by atoms with E-state index >= 15 is 0 Å². The second-order valence-electron chi connectivity index (χ2n) is 10.3. The van der Waals surface area contributed by atoms with Crippen LogP contribution in [0.5, 0.6) is 0 Å². The molecule has 0 radical (unpaired) electrons. The van der Waals surface area contributed by atoms with Gasteiger partial charge in [-0.05, 0) is 47.9 Å². The van der Waals surface area contributed by atoms with Crippen LogP contribution in [0.1, 0.15) is 55.3 Å². The third-order valence-electron chi connectivity index (χ3n) is 8.15. The molecule has 0 aliphatic heterocycles. The van der Waals surface area contributed by atoms with E-state index in [9.17, 15) is 32.2 Å². The molecule has 1 saturated carbocycles. The van der Waals surface area contributed by atoms with Gasteiger partial charge in [-0.15, -0.1) is 5.10 Å². The lowest BCUT2D eigenvalue weighted by Crippen LogP contribution is -2.42. The van der Waals surface area contributed by atoms with Crippen molar-refractivity contribution in [3.8, 4) is 22.8 Å². The van der Waals surface area contributed by atoms with Crippen molar-refractivity contribution in [1.82, 2.24) is 25.1 Å². The molecule has 3 aromatic heterocycles. The van der Waals surface area contributed by atoms with E-state index < -0.39 is 46.0 Å². The van der Waals surface area contributed by atoms with Crippen LogP contribution in [0.25, 0.3) is 22.8 Å². The highest BCUT2D eigenvalue weighted by Gasteiger charge is 2.65. The van der Waals surface area contributed by atoms with Crippen LogP contribution < -0.4 is 0 Å². The Bertz CT molecular complexity index is 1600. The number of hydrogen-bond acceptors (Lipinski definition) is 8. The van der Waals surface area contributed by atoms with Crippen LogP contribution in [0.15, 0.2) is 47.3 Å². The molecular weight excluding hydrogens is 525 g/mol. The summed E-state index contributed by atoms with van der Waals surface area (Å²) in [5.41, 5.74) is -0.923. The molecule has 13 heteroatoms. The molecule has 2 atom stereocenters. The van der Waals surface area contributed by atoms with Gasteiger partial charge in [0.2, 0.25) is 5.89 Å². The molecule has 0 saturated heterocycles. The fraction of sp³-hybridized carbons (Fsp3) is 0.346. The van der Waals surface area contributed by atoms with Crippen molar-refractivity contribution < 1.29 is 36.6 Å². The molecule has 2 N–H and O–H groups in total. The number of benzene rings is 1. The van der Waals surface area contributed by atoms with Crippen molar-refractivity contribution in [1.29, 1.82) is 0 Å². The van der Waals surface area contributed by atoms with Crippen LogP contribution in [-0.2, 0) is 11.2 Å². The summed E-state index contributed by atoms with van der Waals surface area (Å²) >= 11 is 0. The normalized spacial score (nSPS) is 21.8. The summed E-state index contributed by atoms with van der Waals surface area (Å²) in [7, 11) is 0. The van der Waals surface area contributed by atoms with E-state index in [1.54, 1.807) is 6.07 Å². The first kappa shape index (κ1) is 25.4. The number of rotatable bonds is 4. The van der Waals surface area contributed by atoms with Crippen LogP contribution in [0.3, 0.4) is 0 Å². The smallest absolute Gasteiger partial charge is 0.443 e. The Balaban J connectivity index is 1.45. The van der Waals surface area contributed by atoms with Crippen LogP contribution in [-0.4, -0.2) is 41.5 Å². The van der Waals surface area contributed by atoms with Gasteiger partial charge in [-0.25, -0.2) is 18.7 Å². The third kappa shape index (κ3) is 3.39. The van der Waals surface area contributed by atoms with Crippen molar-refractivity contribution in [3.63, 3.8) is 0 Å². The Hall–Kier alpha value is -3.84. The monoisotopic (exact) mass is 545 g/mol. The maximum atomic E-state index is 14.5. The van der Waals surface area contributed by atoms with Crippen molar-refractivity contribution in [2.75, 3.05) is 0 Å². The second-order valence-corrected chi connectivity index (χ2v) is 10.3. The van der Waals surface area contributed by atoms with Gasteiger partial charge >= 0.3 is 12.0 Å². The van der Waals surface area contributed by atoms with E-state index in [4.69, 9.17) is 4.42 Å². The number of nitrogens with zero attached hydrogens (tertiary/aromatic N) is 5. The van der Waals surface area contributed by atoms with Gasteiger partial charge in [0.05, 0.1) is 34.3 Å². The average molecular weight is 545 g/mol. The molecule has 0 unspecified atom stereocenters. The van der Waals surface area contributed by atoms with Gasteiger partial charge < -0.3 is 14.6 Å². The highest BCUT2D eigenvalue weighted by Crippen LogP contribution is 2.69. The van der Waals surface area contributed by atoms with Crippen molar-refractivity contribution in [2.24, 2.45) is 5.41 Å². The molecule has 6 rings (SSSR count). The molecule has 39 heavy (non-hydrogen) atoms. The molecule has 0 spiro atoms. The Labute approximate surface area is 217 Å². The average Bonchev–Trinajstić information content (AvgIpc) is 3.52. The number of aliphatic hydroxyl groups is 2. The fourth-order valence-electron chi connectivity index (χ4n) is 6.13. The molecule has 4 aromatic rings. The summed E-state index contributed by atoms with van der Waals surface area (Å²) < 4.78 is 73.2. The topological polar surface area (TPSA) is 118 Å². The quantitative estimate of drug-likeness (QED) is 0.278. The maximum absolute atomic E-state index is 14.5. The van der Waals surface area contributed by atoms with Crippen LogP contribution in [0.4, 0.5) is 22.0 Å². The number of aromatic nitrogens is 5. The molecule has 0 amide bonds. The zero-order valence-corrected chi connectivity index (χ0v) is 20.5. The van der Waals surface area contributed by atoms with Gasteiger partial charge in [-0.2, -0.15) is 18.3 Å². The first-order valence-electron chi connectivity index (χ1n) is 11.9. The molecule has 2 aliphatic rings. The number of oxazole rings is 1.